The largest absolute Gasteiger partial charge is 0.484 e. The summed E-state index contributed by atoms with van der Waals surface area (Å²) in [5, 5.41) is 0. The van der Waals surface area contributed by atoms with Gasteiger partial charge in [-0.1, -0.05) is 20.8 Å². The lowest BCUT2D eigenvalue weighted by atomic mass is 10.2. The average molecular weight is 313 g/mol. The summed E-state index contributed by atoms with van der Waals surface area (Å²) >= 11 is 8.96. The van der Waals surface area contributed by atoms with Crippen LogP contribution < -0.4 is 0 Å². The maximum atomic E-state index is 5.71. The first-order valence-electron chi connectivity index (χ1n) is 6.85. The summed E-state index contributed by atoms with van der Waals surface area (Å²) in [6.45, 7) is 8.38. The van der Waals surface area contributed by atoms with Gasteiger partial charge < -0.3 is 13.3 Å². The lowest BCUT2D eigenvalue weighted by Gasteiger charge is -2.21. The Bertz CT molecular complexity index is 186. The van der Waals surface area contributed by atoms with Gasteiger partial charge in [-0.05, 0) is 32.1 Å². The lowest BCUT2D eigenvalue weighted by Crippen LogP contribution is -2.29. The van der Waals surface area contributed by atoms with Crippen molar-refractivity contribution >= 4 is 34.8 Å². The van der Waals surface area contributed by atoms with Gasteiger partial charge in [-0.15, -0.1) is 0 Å². The molecule has 0 aliphatic heterocycles. The van der Waals surface area contributed by atoms with Crippen LogP contribution in [-0.2, 0) is 13.3 Å². The van der Waals surface area contributed by atoms with Gasteiger partial charge >= 0.3 is 9.53 Å². The van der Waals surface area contributed by atoms with Crippen LogP contribution in [0.4, 0.5) is 0 Å². The van der Waals surface area contributed by atoms with E-state index in [0.29, 0.717) is 6.61 Å². The number of hydrogen-bond donors (Lipinski definition) is 2. The van der Waals surface area contributed by atoms with Gasteiger partial charge in [0.05, 0.1) is 4.08 Å². The molecule has 18 heavy (non-hydrogen) atoms. The molecule has 0 radical (unpaired) electrons. The molecule has 0 unspecified atom stereocenters. The van der Waals surface area contributed by atoms with Crippen molar-refractivity contribution in [2.45, 2.75) is 57.0 Å². The Balaban J connectivity index is 3.73. The zero-order valence-electron chi connectivity index (χ0n) is 11.9. The summed E-state index contributed by atoms with van der Waals surface area (Å²) in [5.41, 5.74) is 0. The van der Waals surface area contributed by atoms with Gasteiger partial charge in [-0.2, -0.15) is 25.3 Å². The highest BCUT2D eigenvalue weighted by atomic mass is 32.2. The van der Waals surface area contributed by atoms with Gasteiger partial charge in [-0.3, -0.25) is 0 Å². The smallest absolute Gasteiger partial charge is 0.376 e. The van der Waals surface area contributed by atoms with E-state index in [4.69, 9.17) is 13.3 Å². The second-order valence-corrected chi connectivity index (χ2v) is 7.98. The molecule has 0 spiro atoms. The second-order valence-electron chi connectivity index (χ2n) is 4.34. The van der Waals surface area contributed by atoms with Crippen LogP contribution in [0.3, 0.4) is 0 Å². The van der Waals surface area contributed by atoms with E-state index in [1.807, 2.05) is 0 Å². The highest BCUT2D eigenvalue weighted by Gasteiger charge is 2.18. The minimum atomic E-state index is -1.91. The number of thiol groups is 2. The van der Waals surface area contributed by atoms with E-state index in [-0.39, 0.29) is 4.08 Å². The summed E-state index contributed by atoms with van der Waals surface area (Å²) in [4.78, 5) is 0. The Morgan fingerprint density at radius 2 is 1.39 bits per heavy atom. The molecular formula is C12H28O3S2Si. The second kappa shape index (κ2) is 11.6. The van der Waals surface area contributed by atoms with Gasteiger partial charge in [0, 0.05) is 19.8 Å². The van der Waals surface area contributed by atoms with Crippen molar-refractivity contribution in [1.29, 1.82) is 0 Å². The van der Waals surface area contributed by atoms with Crippen molar-refractivity contribution in [3.63, 3.8) is 0 Å². The zero-order chi connectivity index (χ0) is 13.9. The predicted molar refractivity (Wildman–Crippen MR) is 85.8 cm³/mol. The summed E-state index contributed by atoms with van der Waals surface area (Å²) in [6.07, 6.45) is 4.80. The van der Waals surface area contributed by atoms with Crippen LogP contribution in [0.1, 0.15) is 52.9 Å². The highest BCUT2D eigenvalue weighted by Crippen LogP contribution is 2.29. The molecule has 110 valence electrons. The first-order chi connectivity index (χ1) is 8.55. The summed E-state index contributed by atoms with van der Waals surface area (Å²) < 4.78 is 16.7. The third kappa shape index (κ3) is 10.7. The van der Waals surface area contributed by atoms with Crippen LogP contribution in [0.2, 0.25) is 0 Å². The average Bonchev–Trinajstić information content (AvgIpc) is 2.36. The third-order valence-electron chi connectivity index (χ3n) is 2.46. The topological polar surface area (TPSA) is 27.7 Å². The van der Waals surface area contributed by atoms with Gasteiger partial charge in [0.25, 0.3) is 0 Å². The Labute approximate surface area is 125 Å². The van der Waals surface area contributed by atoms with E-state index in [2.05, 4.69) is 46.0 Å². The quantitative estimate of drug-likeness (QED) is 0.251. The van der Waals surface area contributed by atoms with Gasteiger partial charge in [0.1, 0.15) is 0 Å². The van der Waals surface area contributed by atoms with Crippen LogP contribution in [0, 0.1) is 0 Å². The fourth-order valence-electron chi connectivity index (χ4n) is 1.28. The van der Waals surface area contributed by atoms with E-state index in [1.54, 1.807) is 0 Å². The molecule has 3 nitrogen and oxygen atoms in total. The third-order valence-corrected chi connectivity index (χ3v) is 5.06. The van der Waals surface area contributed by atoms with Crippen molar-refractivity contribution in [3.8, 4) is 0 Å². The fraction of sp³-hybridized carbons (Fsp3) is 1.00. The van der Waals surface area contributed by atoms with Crippen molar-refractivity contribution in [1.82, 2.24) is 0 Å². The number of rotatable bonds is 12. The van der Waals surface area contributed by atoms with E-state index >= 15 is 0 Å². The molecule has 0 heterocycles. The van der Waals surface area contributed by atoms with Crippen molar-refractivity contribution in [2.75, 3.05) is 19.8 Å². The van der Waals surface area contributed by atoms with Crippen LogP contribution in [0.25, 0.3) is 0 Å². The standard InChI is InChI=1S/C12H28O3S2Si/c1-4-9-13-18(14-10-5-2)15-11-7-8-12(16,17)6-3/h16-18H,4-11H2,1-3H3. The molecule has 0 fully saturated rings. The molecule has 0 aromatic rings. The summed E-state index contributed by atoms with van der Waals surface area (Å²) in [5.74, 6) is 0. The van der Waals surface area contributed by atoms with Crippen LogP contribution in [0.5, 0.6) is 0 Å². The fourth-order valence-corrected chi connectivity index (χ4v) is 3.10. The molecule has 0 aliphatic rings. The molecular weight excluding hydrogens is 284 g/mol. The monoisotopic (exact) mass is 312 g/mol. The van der Waals surface area contributed by atoms with E-state index in [9.17, 15) is 0 Å². The molecule has 0 aromatic carbocycles. The van der Waals surface area contributed by atoms with Crippen molar-refractivity contribution in [2.24, 2.45) is 0 Å². The zero-order valence-corrected chi connectivity index (χ0v) is 14.8. The maximum Gasteiger partial charge on any atom is 0.484 e. The molecule has 0 saturated heterocycles. The van der Waals surface area contributed by atoms with Crippen molar-refractivity contribution in [3.05, 3.63) is 0 Å². The molecule has 0 N–H and O–H groups in total. The van der Waals surface area contributed by atoms with E-state index < -0.39 is 9.53 Å². The highest BCUT2D eigenvalue weighted by molar-refractivity contribution is 8.00. The SMILES string of the molecule is CCCO[SiH](OCCC)OCCCC(S)(S)CC. The minimum Gasteiger partial charge on any atom is -0.376 e. The predicted octanol–water partition coefficient (Wildman–Crippen LogP) is 3.32. The molecule has 0 aromatic heterocycles. The lowest BCUT2D eigenvalue weighted by molar-refractivity contribution is 0.0917. The minimum absolute atomic E-state index is 0.186. The van der Waals surface area contributed by atoms with Gasteiger partial charge in [0.15, 0.2) is 0 Å². The molecule has 6 heteroatoms. The molecule has 0 aliphatic carbocycles. The van der Waals surface area contributed by atoms with Gasteiger partial charge in [0.2, 0.25) is 0 Å². The number of hydrogen-bond acceptors (Lipinski definition) is 5. The molecule has 0 rings (SSSR count). The van der Waals surface area contributed by atoms with Crippen LogP contribution in [0.15, 0.2) is 0 Å². The Kier molecular flexibility index (Phi) is 12.1. The van der Waals surface area contributed by atoms with Crippen molar-refractivity contribution < 1.29 is 13.3 Å². The first kappa shape index (κ1) is 18.8. The van der Waals surface area contributed by atoms with E-state index in [0.717, 1.165) is 45.3 Å². The molecule has 0 bridgehead atoms. The maximum absolute atomic E-state index is 5.71. The normalized spacial score (nSPS) is 12.3. The molecule has 0 atom stereocenters. The Morgan fingerprint density at radius 3 is 1.83 bits per heavy atom. The van der Waals surface area contributed by atoms with E-state index in [1.165, 1.54) is 0 Å². The molecule has 0 amide bonds. The summed E-state index contributed by atoms with van der Waals surface area (Å²) in [6, 6.07) is 0. The van der Waals surface area contributed by atoms with Crippen LogP contribution in [-0.4, -0.2) is 33.4 Å². The summed E-state index contributed by atoms with van der Waals surface area (Å²) in [7, 11) is -1.91. The van der Waals surface area contributed by atoms with Gasteiger partial charge in [-0.25, -0.2) is 0 Å². The first-order valence-corrected chi connectivity index (χ1v) is 9.16. The van der Waals surface area contributed by atoms with Crippen LogP contribution >= 0.6 is 25.3 Å². The molecule has 0 saturated carbocycles. The Hall–Kier alpha value is 0.797. The Morgan fingerprint density at radius 1 is 0.889 bits per heavy atom.